The maximum absolute atomic E-state index is 11.8. The van der Waals surface area contributed by atoms with Crippen LogP contribution in [0.2, 0.25) is 5.02 Å². The lowest BCUT2D eigenvalue weighted by atomic mass is 9.76. The number of ether oxygens (including phenoxy) is 1. The maximum Gasteiger partial charge on any atom is 0.337 e. The van der Waals surface area contributed by atoms with Gasteiger partial charge < -0.3 is 10.1 Å². The van der Waals surface area contributed by atoms with E-state index in [1.54, 1.807) is 0 Å². The molecule has 0 radical (unpaired) electrons. The summed E-state index contributed by atoms with van der Waals surface area (Å²) in [6, 6.07) is 14.0. The summed E-state index contributed by atoms with van der Waals surface area (Å²) in [4.78, 5) is 11.8. The zero-order valence-corrected chi connectivity index (χ0v) is 14.1. The van der Waals surface area contributed by atoms with Crippen LogP contribution in [-0.2, 0) is 4.74 Å². The molecule has 0 unspecified atom stereocenters. The number of nitrogens with one attached hydrogen (secondary N) is 1. The van der Waals surface area contributed by atoms with Crippen molar-refractivity contribution in [2.24, 2.45) is 5.92 Å². The van der Waals surface area contributed by atoms with Crippen molar-refractivity contribution >= 4 is 23.3 Å². The average molecular weight is 340 g/mol. The summed E-state index contributed by atoms with van der Waals surface area (Å²) in [5, 5.41) is 4.40. The van der Waals surface area contributed by atoms with E-state index in [1.807, 2.05) is 36.4 Å². The van der Waals surface area contributed by atoms with E-state index >= 15 is 0 Å². The normalized spacial score (nSPS) is 24.0. The van der Waals surface area contributed by atoms with Crippen LogP contribution in [0, 0.1) is 5.92 Å². The zero-order chi connectivity index (χ0) is 16.7. The molecule has 122 valence electrons. The minimum atomic E-state index is -0.298. The number of carbonyl (C=O) groups is 1. The molecule has 3 nitrogen and oxygen atoms in total. The van der Waals surface area contributed by atoms with Crippen molar-refractivity contribution in [3.63, 3.8) is 0 Å². The van der Waals surface area contributed by atoms with Crippen LogP contribution in [-0.4, -0.2) is 13.1 Å². The van der Waals surface area contributed by atoms with Gasteiger partial charge in [0.2, 0.25) is 0 Å². The molecule has 0 saturated carbocycles. The Hall–Kier alpha value is -2.26. The molecule has 1 N–H and O–H groups in total. The minimum absolute atomic E-state index is 0.208. The molecule has 2 aromatic carbocycles. The van der Waals surface area contributed by atoms with Gasteiger partial charge >= 0.3 is 5.97 Å². The summed E-state index contributed by atoms with van der Waals surface area (Å²) in [6.45, 7) is 0. The Morgan fingerprint density at radius 1 is 1.25 bits per heavy atom. The molecule has 24 heavy (non-hydrogen) atoms. The summed E-state index contributed by atoms with van der Waals surface area (Å²) >= 11 is 6.18. The highest BCUT2D eigenvalue weighted by molar-refractivity contribution is 6.30. The molecule has 0 spiro atoms. The third-order valence-corrected chi connectivity index (χ3v) is 5.23. The SMILES string of the molecule is COC(=O)c1ccc2c(c1)[C@@H]1C=CC[C@@H]1[C@H](c1cccc(Cl)c1)N2. The van der Waals surface area contributed by atoms with Crippen molar-refractivity contribution in [1.29, 1.82) is 0 Å². The van der Waals surface area contributed by atoms with Crippen molar-refractivity contribution in [3.8, 4) is 0 Å². The first-order valence-corrected chi connectivity index (χ1v) is 8.46. The van der Waals surface area contributed by atoms with Crippen LogP contribution in [0.15, 0.2) is 54.6 Å². The second-order valence-electron chi connectivity index (χ2n) is 6.32. The average Bonchev–Trinajstić information content (AvgIpc) is 3.10. The summed E-state index contributed by atoms with van der Waals surface area (Å²) in [5.41, 5.74) is 4.03. The Balaban J connectivity index is 1.76. The fourth-order valence-electron chi connectivity index (χ4n) is 3.87. The largest absolute Gasteiger partial charge is 0.465 e. The molecular formula is C20H18ClNO2. The lowest BCUT2D eigenvalue weighted by molar-refractivity contribution is 0.0600. The summed E-state index contributed by atoms with van der Waals surface area (Å²) < 4.78 is 4.85. The van der Waals surface area contributed by atoms with Gasteiger partial charge in [-0.1, -0.05) is 35.9 Å². The number of carbonyl (C=O) groups excluding carboxylic acids is 1. The molecule has 0 bridgehead atoms. The third kappa shape index (κ3) is 2.49. The minimum Gasteiger partial charge on any atom is -0.465 e. The van der Waals surface area contributed by atoms with Crippen LogP contribution >= 0.6 is 11.6 Å². The quantitative estimate of drug-likeness (QED) is 0.621. The number of anilines is 1. The number of hydrogen-bond donors (Lipinski definition) is 1. The van der Waals surface area contributed by atoms with Gasteiger partial charge in [-0.15, -0.1) is 0 Å². The molecule has 0 amide bonds. The number of allylic oxidation sites excluding steroid dienone is 2. The first-order valence-electron chi connectivity index (χ1n) is 8.08. The van der Waals surface area contributed by atoms with E-state index in [4.69, 9.17) is 16.3 Å². The monoisotopic (exact) mass is 339 g/mol. The molecule has 1 heterocycles. The van der Waals surface area contributed by atoms with Gasteiger partial charge in [-0.2, -0.15) is 0 Å². The van der Waals surface area contributed by atoms with Gasteiger partial charge in [0.05, 0.1) is 18.7 Å². The van der Waals surface area contributed by atoms with Crippen LogP contribution in [0.3, 0.4) is 0 Å². The highest BCUT2D eigenvalue weighted by Crippen LogP contribution is 2.50. The lowest BCUT2D eigenvalue weighted by Gasteiger charge is -2.37. The molecule has 1 aliphatic heterocycles. The van der Waals surface area contributed by atoms with Crippen LogP contribution in [0.1, 0.15) is 39.9 Å². The molecule has 4 rings (SSSR count). The Morgan fingerprint density at radius 2 is 2.12 bits per heavy atom. The summed E-state index contributed by atoms with van der Waals surface area (Å²) in [7, 11) is 1.41. The number of esters is 1. The predicted molar refractivity (Wildman–Crippen MR) is 95.6 cm³/mol. The Labute approximate surface area is 146 Å². The molecule has 0 fully saturated rings. The van der Waals surface area contributed by atoms with E-state index in [0.717, 1.165) is 22.7 Å². The second kappa shape index (κ2) is 5.99. The molecule has 0 aromatic heterocycles. The van der Waals surface area contributed by atoms with Crippen LogP contribution in [0.25, 0.3) is 0 Å². The number of fused-ring (bicyclic) bond motifs is 3. The van der Waals surface area contributed by atoms with Crippen molar-refractivity contribution in [3.05, 3.63) is 76.3 Å². The van der Waals surface area contributed by atoms with E-state index in [9.17, 15) is 4.79 Å². The van der Waals surface area contributed by atoms with Gasteiger partial charge in [-0.3, -0.25) is 0 Å². The van der Waals surface area contributed by atoms with Crippen molar-refractivity contribution in [2.75, 3.05) is 12.4 Å². The molecule has 3 atom stereocenters. The van der Waals surface area contributed by atoms with Crippen molar-refractivity contribution < 1.29 is 9.53 Å². The van der Waals surface area contributed by atoms with Gasteiger partial charge in [0.1, 0.15) is 0 Å². The van der Waals surface area contributed by atoms with Crippen molar-refractivity contribution in [2.45, 2.75) is 18.4 Å². The Bertz CT molecular complexity index is 830. The van der Waals surface area contributed by atoms with E-state index < -0.39 is 0 Å². The smallest absolute Gasteiger partial charge is 0.337 e. The van der Waals surface area contributed by atoms with Crippen LogP contribution in [0.5, 0.6) is 0 Å². The van der Waals surface area contributed by atoms with Crippen LogP contribution < -0.4 is 5.32 Å². The summed E-state index contributed by atoms with van der Waals surface area (Å²) in [5.74, 6) is 0.423. The molecule has 4 heteroatoms. The number of benzene rings is 2. The van der Waals surface area contributed by atoms with E-state index in [-0.39, 0.29) is 12.0 Å². The van der Waals surface area contributed by atoms with Gasteiger partial charge in [0, 0.05) is 16.6 Å². The fraction of sp³-hybridized carbons (Fsp3) is 0.250. The highest BCUT2D eigenvalue weighted by Gasteiger charge is 2.38. The standard InChI is InChI=1S/C20H18ClNO2/c1-24-20(23)13-8-9-18-17(11-13)15-6-3-7-16(15)19(22-18)12-4-2-5-14(21)10-12/h2-6,8-11,15-16,19,22H,7H2,1H3/t15-,16+,19+/m1/s1. The molecule has 1 aliphatic carbocycles. The van der Waals surface area contributed by atoms with E-state index in [1.165, 1.54) is 12.7 Å². The van der Waals surface area contributed by atoms with Gasteiger partial charge in [0.15, 0.2) is 0 Å². The predicted octanol–water partition coefficient (Wildman–Crippen LogP) is 4.95. The van der Waals surface area contributed by atoms with Gasteiger partial charge in [0.25, 0.3) is 0 Å². The van der Waals surface area contributed by atoms with Gasteiger partial charge in [-0.05, 0) is 53.8 Å². The topological polar surface area (TPSA) is 38.3 Å². The molecule has 2 aromatic rings. The summed E-state index contributed by atoms with van der Waals surface area (Å²) in [6.07, 6.45) is 5.49. The maximum atomic E-state index is 11.8. The number of hydrogen-bond acceptors (Lipinski definition) is 3. The first kappa shape index (κ1) is 15.3. The zero-order valence-electron chi connectivity index (χ0n) is 13.3. The molecular weight excluding hydrogens is 322 g/mol. The fourth-order valence-corrected chi connectivity index (χ4v) is 4.07. The second-order valence-corrected chi connectivity index (χ2v) is 6.76. The molecule has 2 aliphatic rings. The molecule has 0 saturated heterocycles. The number of methoxy groups -OCH3 is 1. The van der Waals surface area contributed by atoms with Crippen molar-refractivity contribution in [1.82, 2.24) is 0 Å². The van der Waals surface area contributed by atoms with E-state index in [0.29, 0.717) is 17.4 Å². The third-order valence-electron chi connectivity index (χ3n) is 4.99. The Morgan fingerprint density at radius 3 is 2.92 bits per heavy atom. The highest BCUT2D eigenvalue weighted by atomic mass is 35.5. The Kier molecular flexibility index (Phi) is 3.81. The van der Waals surface area contributed by atoms with E-state index in [2.05, 4.69) is 23.5 Å². The number of halogens is 1. The number of rotatable bonds is 2. The van der Waals surface area contributed by atoms with Gasteiger partial charge in [-0.25, -0.2) is 4.79 Å². The first-order chi connectivity index (χ1) is 11.7. The van der Waals surface area contributed by atoms with Crippen LogP contribution in [0.4, 0.5) is 5.69 Å². The lowest BCUT2D eigenvalue weighted by Crippen LogP contribution is -2.29.